The molecule has 0 atom stereocenters. The van der Waals surface area contributed by atoms with Crippen LogP contribution in [0.1, 0.15) is 38.2 Å². The van der Waals surface area contributed by atoms with Gasteiger partial charge in [-0.3, -0.25) is 9.59 Å². The number of benzene rings is 1. The lowest BCUT2D eigenvalue weighted by molar-refractivity contribution is 0.0748. The molecule has 0 unspecified atom stereocenters. The van der Waals surface area contributed by atoms with E-state index < -0.39 is 5.82 Å². The molecular formula is C25H23FN4O3S. The molecule has 1 aromatic carbocycles. The predicted octanol–water partition coefficient (Wildman–Crippen LogP) is 4.87. The number of halogens is 1. The van der Waals surface area contributed by atoms with Crippen LogP contribution in [0.2, 0.25) is 0 Å². The van der Waals surface area contributed by atoms with E-state index in [4.69, 9.17) is 4.52 Å². The number of fused-ring (bicyclic) bond motifs is 1. The van der Waals surface area contributed by atoms with Gasteiger partial charge in [0, 0.05) is 36.6 Å². The van der Waals surface area contributed by atoms with Gasteiger partial charge in [0.1, 0.15) is 5.82 Å². The van der Waals surface area contributed by atoms with E-state index in [2.05, 4.69) is 10.1 Å². The summed E-state index contributed by atoms with van der Waals surface area (Å²) in [6, 6.07) is 10.3. The van der Waals surface area contributed by atoms with Gasteiger partial charge < -0.3 is 14.3 Å². The van der Waals surface area contributed by atoms with Crippen LogP contribution in [0.4, 0.5) is 10.1 Å². The molecule has 174 valence electrons. The molecule has 0 radical (unpaired) electrons. The van der Waals surface area contributed by atoms with E-state index in [9.17, 15) is 14.0 Å². The third-order valence-corrected chi connectivity index (χ3v) is 7.13. The first-order valence-corrected chi connectivity index (χ1v) is 11.8. The van der Waals surface area contributed by atoms with Crippen molar-refractivity contribution < 1.29 is 18.5 Å². The van der Waals surface area contributed by atoms with Crippen molar-refractivity contribution >= 4 is 39.8 Å². The maximum Gasteiger partial charge on any atom is 0.259 e. The van der Waals surface area contributed by atoms with E-state index >= 15 is 0 Å². The quantitative estimate of drug-likeness (QED) is 0.389. The molecule has 0 saturated carbocycles. The van der Waals surface area contributed by atoms with Gasteiger partial charge in [0.25, 0.3) is 11.6 Å². The second-order valence-corrected chi connectivity index (χ2v) is 9.70. The van der Waals surface area contributed by atoms with Crippen molar-refractivity contribution in [2.45, 2.75) is 20.8 Å². The van der Waals surface area contributed by atoms with Gasteiger partial charge in [0.15, 0.2) is 5.78 Å². The maximum absolute atomic E-state index is 14.6. The Kier molecular flexibility index (Phi) is 5.65. The number of piperazine rings is 1. The highest BCUT2D eigenvalue weighted by Gasteiger charge is 2.27. The number of thiophene rings is 1. The minimum absolute atomic E-state index is 0.125. The highest BCUT2D eigenvalue weighted by atomic mass is 32.1. The summed E-state index contributed by atoms with van der Waals surface area (Å²) in [6.45, 7) is 7.07. The molecule has 1 saturated heterocycles. The monoisotopic (exact) mass is 478 g/mol. The van der Waals surface area contributed by atoms with Crippen molar-refractivity contribution in [2.24, 2.45) is 0 Å². The summed E-state index contributed by atoms with van der Waals surface area (Å²) in [5.74, 6) is -0.731. The standard InChI is InChI=1S/C25H23FN4O3S/c1-14-4-7-22(34-14)20-13-18(23-15(2)28-33-24(23)27-20)25(32)30-10-8-29(9-11-30)21-6-5-17(16(3)31)12-19(21)26/h4-7,12-13H,8-11H2,1-3H3. The normalized spacial score (nSPS) is 14.1. The van der Waals surface area contributed by atoms with Crippen LogP contribution in [0.3, 0.4) is 0 Å². The molecule has 0 bridgehead atoms. The van der Waals surface area contributed by atoms with Gasteiger partial charge in [0.05, 0.1) is 32.9 Å². The number of anilines is 1. The molecule has 1 aliphatic rings. The summed E-state index contributed by atoms with van der Waals surface area (Å²) < 4.78 is 20.0. The average molecular weight is 479 g/mol. The average Bonchev–Trinajstić information content (AvgIpc) is 3.43. The molecule has 1 amide bonds. The molecule has 34 heavy (non-hydrogen) atoms. The van der Waals surface area contributed by atoms with E-state index in [1.54, 1.807) is 35.3 Å². The Balaban J connectivity index is 1.40. The number of pyridine rings is 1. The fourth-order valence-electron chi connectivity index (χ4n) is 4.26. The number of carbonyl (C=O) groups is 2. The zero-order valence-electron chi connectivity index (χ0n) is 19.1. The molecule has 4 heterocycles. The lowest BCUT2D eigenvalue weighted by atomic mass is 10.1. The molecule has 3 aromatic heterocycles. The number of carbonyl (C=O) groups excluding carboxylic acids is 2. The van der Waals surface area contributed by atoms with Gasteiger partial charge in [-0.05, 0) is 57.2 Å². The molecule has 1 fully saturated rings. The highest BCUT2D eigenvalue weighted by molar-refractivity contribution is 7.15. The van der Waals surface area contributed by atoms with Gasteiger partial charge in [-0.25, -0.2) is 9.37 Å². The lowest BCUT2D eigenvalue weighted by Crippen LogP contribution is -2.49. The number of Topliss-reactive ketones (excluding diaryl/α,β-unsaturated/α-hetero) is 1. The first kappa shape index (κ1) is 22.2. The Morgan fingerprint density at radius 1 is 1.06 bits per heavy atom. The molecule has 0 spiro atoms. The van der Waals surface area contributed by atoms with Crippen molar-refractivity contribution in [3.63, 3.8) is 0 Å². The highest BCUT2D eigenvalue weighted by Crippen LogP contribution is 2.32. The molecule has 0 N–H and O–H groups in total. The van der Waals surface area contributed by atoms with E-state index in [1.807, 2.05) is 30.0 Å². The van der Waals surface area contributed by atoms with Crippen molar-refractivity contribution in [1.82, 2.24) is 15.0 Å². The summed E-state index contributed by atoms with van der Waals surface area (Å²) in [6.07, 6.45) is 0. The second-order valence-electron chi connectivity index (χ2n) is 8.42. The van der Waals surface area contributed by atoms with Crippen LogP contribution in [0.5, 0.6) is 0 Å². The number of ketones is 1. The third kappa shape index (κ3) is 3.96. The minimum atomic E-state index is -0.431. The van der Waals surface area contributed by atoms with Crippen molar-refractivity contribution in [3.8, 4) is 10.6 Å². The number of rotatable bonds is 4. The summed E-state index contributed by atoms with van der Waals surface area (Å²) in [5.41, 5.74) is 2.93. The number of hydrogen-bond donors (Lipinski definition) is 0. The molecule has 5 rings (SSSR count). The van der Waals surface area contributed by atoms with Crippen molar-refractivity contribution in [1.29, 1.82) is 0 Å². The van der Waals surface area contributed by atoms with E-state index in [-0.39, 0.29) is 11.7 Å². The smallest absolute Gasteiger partial charge is 0.259 e. The van der Waals surface area contributed by atoms with Gasteiger partial charge in [0.2, 0.25) is 0 Å². The maximum atomic E-state index is 14.6. The molecule has 7 nitrogen and oxygen atoms in total. The molecule has 0 aliphatic carbocycles. The van der Waals surface area contributed by atoms with Crippen LogP contribution >= 0.6 is 11.3 Å². The van der Waals surface area contributed by atoms with Crippen molar-refractivity contribution in [2.75, 3.05) is 31.1 Å². The predicted molar refractivity (Wildman–Crippen MR) is 129 cm³/mol. The Hall–Kier alpha value is -3.59. The fourth-order valence-corrected chi connectivity index (χ4v) is 5.09. The Bertz CT molecular complexity index is 1420. The van der Waals surface area contributed by atoms with Crippen LogP contribution in [-0.4, -0.2) is 52.9 Å². The number of aryl methyl sites for hydroxylation is 2. The second kappa shape index (κ2) is 8.64. The third-order valence-electron chi connectivity index (χ3n) is 6.10. The van der Waals surface area contributed by atoms with Crippen LogP contribution < -0.4 is 4.90 Å². The van der Waals surface area contributed by atoms with Crippen LogP contribution in [0, 0.1) is 19.7 Å². The van der Waals surface area contributed by atoms with Gasteiger partial charge >= 0.3 is 0 Å². The molecule has 4 aromatic rings. The molecule has 9 heteroatoms. The summed E-state index contributed by atoms with van der Waals surface area (Å²) in [7, 11) is 0. The zero-order valence-corrected chi connectivity index (χ0v) is 19.9. The topological polar surface area (TPSA) is 79.5 Å². The summed E-state index contributed by atoms with van der Waals surface area (Å²) in [5, 5.41) is 4.65. The first-order chi connectivity index (χ1) is 16.3. The van der Waals surface area contributed by atoms with E-state index in [0.29, 0.717) is 65.5 Å². The van der Waals surface area contributed by atoms with Gasteiger partial charge in [-0.15, -0.1) is 11.3 Å². The number of amides is 1. The molecule has 1 aliphatic heterocycles. The number of hydrogen-bond acceptors (Lipinski definition) is 7. The van der Waals surface area contributed by atoms with Crippen LogP contribution in [-0.2, 0) is 0 Å². The Morgan fingerprint density at radius 3 is 2.47 bits per heavy atom. The summed E-state index contributed by atoms with van der Waals surface area (Å²) in [4.78, 5) is 35.5. The molecular weight excluding hydrogens is 455 g/mol. The first-order valence-electron chi connectivity index (χ1n) is 11.0. The Labute approximate surface area is 199 Å². The number of aromatic nitrogens is 2. The lowest BCUT2D eigenvalue weighted by Gasteiger charge is -2.36. The van der Waals surface area contributed by atoms with E-state index in [0.717, 1.165) is 9.75 Å². The van der Waals surface area contributed by atoms with E-state index in [1.165, 1.54) is 13.0 Å². The largest absolute Gasteiger partial charge is 0.366 e. The number of nitrogens with zero attached hydrogens (tertiary/aromatic N) is 4. The summed E-state index contributed by atoms with van der Waals surface area (Å²) >= 11 is 1.60. The van der Waals surface area contributed by atoms with Gasteiger partial charge in [-0.1, -0.05) is 5.16 Å². The fraction of sp³-hybridized carbons (Fsp3) is 0.280. The Morgan fingerprint density at radius 2 is 1.82 bits per heavy atom. The minimum Gasteiger partial charge on any atom is -0.366 e. The SMILES string of the molecule is CC(=O)c1ccc(N2CCN(C(=O)c3cc(-c4ccc(C)s4)nc4onc(C)c34)CC2)c(F)c1. The zero-order chi connectivity index (χ0) is 24.0. The van der Waals surface area contributed by atoms with Crippen LogP contribution in [0.15, 0.2) is 40.9 Å². The van der Waals surface area contributed by atoms with Gasteiger partial charge in [-0.2, -0.15) is 0 Å². The van der Waals surface area contributed by atoms with Crippen LogP contribution in [0.25, 0.3) is 21.7 Å². The van der Waals surface area contributed by atoms with Crippen molar-refractivity contribution in [3.05, 3.63) is 63.9 Å².